The summed E-state index contributed by atoms with van der Waals surface area (Å²) in [6.45, 7) is 3.09. The first-order chi connectivity index (χ1) is 9.15. The summed E-state index contributed by atoms with van der Waals surface area (Å²) < 4.78 is 2.05. The first-order valence-electron chi connectivity index (χ1n) is 6.62. The van der Waals surface area contributed by atoms with E-state index in [1.807, 2.05) is 36.1 Å². The van der Waals surface area contributed by atoms with Crippen LogP contribution in [0.3, 0.4) is 0 Å². The van der Waals surface area contributed by atoms with Crippen molar-refractivity contribution in [3.8, 4) is 5.75 Å². The Morgan fingerprint density at radius 1 is 1.32 bits per heavy atom. The molecule has 0 aliphatic heterocycles. The van der Waals surface area contributed by atoms with E-state index in [4.69, 9.17) is 0 Å². The summed E-state index contributed by atoms with van der Waals surface area (Å²) in [6.07, 6.45) is 5.69. The maximum absolute atomic E-state index is 9.24. The number of benzene rings is 1. The smallest absolute Gasteiger partial charge is 0.115 e. The number of phenolic OH excluding ortho intramolecular Hbond substituents is 1. The minimum atomic E-state index is 0.319. The van der Waals surface area contributed by atoms with Crippen LogP contribution in [0.1, 0.15) is 18.3 Å². The molecule has 0 spiro atoms. The molecule has 0 saturated carbocycles. The van der Waals surface area contributed by atoms with Crippen molar-refractivity contribution in [2.75, 3.05) is 6.54 Å². The molecule has 2 N–H and O–H groups in total. The molecule has 0 bridgehead atoms. The van der Waals surface area contributed by atoms with Crippen LogP contribution < -0.4 is 5.32 Å². The van der Waals surface area contributed by atoms with E-state index >= 15 is 0 Å². The number of hydrogen-bond donors (Lipinski definition) is 2. The van der Waals surface area contributed by atoms with Crippen LogP contribution in [0.2, 0.25) is 0 Å². The van der Waals surface area contributed by atoms with Gasteiger partial charge in [0.25, 0.3) is 0 Å². The van der Waals surface area contributed by atoms with Gasteiger partial charge >= 0.3 is 0 Å². The molecule has 0 aliphatic rings. The number of aromatic nitrogens is 2. The predicted octanol–water partition coefficient (Wildman–Crippen LogP) is 1.89. The highest BCUT2D eigenvalue weighted by molar-refractivity contribution is 5.26. The molecule has 19 heavy (non-hydrogen) atoms. The first-order valence-corrected chi connectivity index (χ1v) is 6.62. The van der Waals surface area contributed by atoms with Gasteiger partial charge in [0.05, 0.1) is 0 Å². The summed E-state index contributed by atoms with van der Waals surface area (Å²) in [6, 6.07) is 7.80. The Bertz CT molecular complexity index is 504. The lowest BCUT2D eigenvalue weighted by Crippen LogP contribution is -2.30. The monoisotopic (exact) mass is 259 g/mol. The SMILES string of the molecule is CC(Cc1ccc(O)cc1)NCCc1nccn1C. The van der Waals surface area contributed by atoms with Crippen LogP contribution >= 0.6 is 0 Å². The summed E-state index contributed by atoms with van der Waals surface area (Å²) >= 11 is 0. The minimum absolute atomic E-state index is 0.319. The van der Waals surface area contributed by atoms with Crippen molar-refractivity contribution in [1.82, 2.24) is 14.9 Å². The van der Waals surface area contributed by atoms with Crippen molar-refractivity contribution in [2.24, 2.45) is 7.05 Å². The van der Waals surface area contributed by atoms with Crippen LogP contribution in [0.25, 0.3) is 0 Å². The molecule has 0 saturated heterocycles. The molecule has 1 aromatic carbocycles. The van der Waals surface area contributed by atoms with Gasteiger partial charge in [-0.05, 0) is 31.0 Å². The topological polar surface area (TPSA) is 50.1 Å². The van der Waals surface area contributed by atoms with E-state index in [2.05, 4.69) is 17.2 Å². The normalized spacial score (nSPS) is 12.5. The van der Waals surface area contributed by atoms with Crippen LogP contribution in [0, 0.1) is 0 Å². The van der Waals surface area contributed by atoms with Crippen molar-refractivity contribution in [3.05, 3.63) is 48.0 Å². The van der Waals surface area contributed by atoms with Crippen LogP contribution in [0.4, 0.5) is 0 Å². The van der Waals surface area contributed by atoms with E-state index in [1.54, 1.807) is 12.1 Å². The Labute approximate surface area is 114 Å². The average molecular weight is 259 g/mol. The maximum Gasteiger partial charge on any atom is 0.115 e. The first kappa shape index (κ1) is 13.6. The van der Waals surface area contributed by atoms with Crippen molar-refractivity contribution in [2.45, 2.75) is 25.8 Å². The zero-order valence-electron chi connectivity index (χ0n) is 11.5. The van der Waals surface area contributed by atoms with E-state index in [0.717, 1.165) is 25.2 Å². The van der Waals surface area contributed by atoms with E-state index in [9.17, 15) is 5.11 Å². The standard InChI is InChI=1S/C15H21N3O/c1-12(11-13-3-5-14(19)6-4-13)16-8-7-15-17-9-10-18(15)2/h3-6,9-10,12,16,19H,7-8,11H2,1-2H3. The molecule has 0 fully saturated rings. The van der Waals surface area contributed by atoms with Crippen LogP contribution in [0.5, 0.6) is 5.75 Å². The van der Waals surface area contributed by atoms with Crippen LogP contribution in [-0.4, -0.2) is 27.2 Å². The van der Waals surface area contributed by atoms with Gasteiger partial charge in [0.1, 0.15) is 11.6 Å². The van der Waals surface area contributed by atoms with Crippen molar-refractivity contribution < 1.29 is 5.11 Å². The molecule has 1 aromatic heterocycles. The number of rotatable bonds is 6. The third-order valence-corrected chi connectivity index (χ3v) is 3.24. The third-order valence-electron chi connectivity index (χ3n) is 3.24. The average Bonchev–Trinajstić information content (AvgIpc) is 2.78. The maximum atomic E-state index is 9.24. The second kappa shape index (κ2) is 6.38. The van der Waals surface area contributed by atoms with E-state index in [-0.39, 0.29) is 0 Å². The zero-order valence-corrected chi connectivity index (χ0v) is 11.5. The Morgan fingerprint density at radius 2 is 2.05 bits per heavy atom. The number of aromatic hydroxyl groups is 1. The summed E-state index contributed by atoms with van der Waals surface area (Å²) in [5, 5.41) is 12.7. The fourth-order valence-corrected chi connectivity index (χ4v) is 2.13. The highest BCUT2D eigenvalue weighted by atomic mass is 16.3. The Hall–Kier alpha value is -1.81. The number of nitrogens with zero attached hydrogens (tertiary/aromatic N) is 2. The number of aryl methyl sites for hydroxylation is 1. The summed E-state index contributed by atoms with van der Waals surface area (Å²) in [7, 11) is 2.02. The Morgan fingerprint density at radius 3 is 2.68 bits per heavy atom. The van der Waals surface area contributed by atoms with Gasteiger partial charge in [-0.2, -0.15) is 0 Å². The van der Waals surface area contributed by atoms with E-state index in [1.165, 1.54) is 5.56 Å². The molecule has 2 aromatic rings. The van der Waals surface area contributed by atoms with E-state index in [0.29, 0.717) is 11.8 Å². The number of nitrogens with one attached hydrogen (secondary N) is 1. The third kappa shape index (κ3) is 4.10. The number of imidazole rings is 1. The molecular weight excluding hydrogens is 238 g/mol. The lowest BCUT2D eigenvalue weighted by molar-refractivity contribution is 0.474. The predicted molar refractivity (Wildman–Crippen MR) is 76.2 cm³/mol. The fraction of sp³-hybridized carbons (Fsp3) is 0.400. The molecule has 0 amide bonds. The van der Waals surface area contributed by atoms with Gasteiger partial charge in [0.15, 0.2) is 0 Å². The summed E-state index contributed by atoms with van der Waals surface area (Å²) in [5.74, 6) is 1.42. The number of hydrogen-bond acceptors (Lipinski definition) is 3. The van der Waals surface area contributed by atoms with Crippen molar-refractivity contribution >= 4 is 0 Å². The second-order valence-electron chi connectivity index (χ2n) is 4.93. The van der Waals surface area contributed by atoms with Gasteiger partial charge in [0.2, 0.25) is 0 Å². The zero-order chi connectivity index (χ0) is 13.7. The summed E-state index contributed by atoms with van der Waals surface area (Å²) in [5.41, 5.74) is 1.23. The fourth-order valence-electron chi connectivity index (χ4n) is 2.13. The minimum Gasteiger partial charge on any atom is -0.508 e. The molecule has 0 aliphatic carbocycles. The van der Waals surface area contributed by atoms with Gasteiger partial charge in [-0.3, -0.25) is 0 Å². The Balaban J connectivity index is 1.74. The quantitative estimate of drug-likeness (QED) is 0.833. The molecule has 102 valence electrons. The number of phenols is 1. The van der Waals surface area contributed by atoms with Crippen LogP contribution in [0.15, 0.2) is 36.7 Å². The van der Waals surface area contributed by atoms with Crippen molar-refractivity contribution in [3.63, 3.8) is 0 Å². The molecule has 4 nitrogen and oxygen atoms in total. The van der Waals surface area contributed by atoms with E-state index < -0.39 is 0 Å². The Kier molecular flexibility index (Phi) is 4.58. The van der Waals surface area contributed by atoms with Gasteiger partial charge < -0.3 is 15.0 Å². The molecule has 2 rings (SSSR count). The molecular formula is C15H21N3O. The lowest BCUT2D eigenvalue weighted by Gasteiger charge is -2.13. The van der Waals surface area contributed by atoms with Crippen LogP contribution in [-0.2, 0) is 19.9 Å². The van der Waals surface area contributed by atoms with Crippen molar-refractivity contribution in [1.29, 1.82) is 0 Å². The largest absolute Gasteiger partial charge is 0.508 e. The molecule has 1 unspecified atom stereocenters. The molecule has 4 heteroatoms. The van der Waals surface area contributed by atoms with Gasteiger partial charge in [-0.15, -0.1) is 0 Å². The van der Waals surface area contributed by atoms with Gasteiger partial charge in [-0.1, -0.05) is 12.1 Å². The highest BCUT2D eigenvalue weighted by Gasteiger charge is 2.04. The second-order valence-corrected chi connectivity index (χ2v) is 4.93. The lowest BCUT2D eigenvalue weighted by atomic mass is 10.1. The summed E-state index contributed by atoms with van der Waals surface area (Å²) in [4.78, 5) is 4.30. The molecule has 1 heterocycles. The molecule has 1 atom stereocenters. The highest BCUT2D eigenvalue weighted by Crippen LogP contribution is 2.11. The van der Waals surface area contributed by atoms with Gasteiger partial charge in [0, 0.05) is 38.4 Å². The molecule has 0 radical (unpaired) electrons. The van der Waals surface area contributed by atoms with Gasteiger partial charge in [-0.25, -0.2) is 4.98 Å².